The summed E-state index contributed by atoms with van der Waals surface area (Å²) >= 11 is 0.859. The van der Waals surface area contributed by atoms with Gasteiger partial charge in [-0.05, 0) is 12.1 Å². The number of thioether (sulfide) groups is 1. The molecule has 2 aromatic rings. The van der Waals surface area contributed by atoms with E-state index < -0.39 is 82.8 Å². The van der Waals surface area contributed by atoms with Gasteiger partial charge in [0.1, 0.15) is 35.9 Å². The number of fused-ring (bicyclic) bond motifs is 1. The average Bonchev–Trinajstić information content (AvgIpc) is 2.91. The Hall–Kier alpha value is -4.61. The lowest BCUT2D eigenvalue weighted by Gasteiger charge is -2.37. The summed E-state index contributed by atoms with van der Waals surface area (Å²) in [4.78, 5) is 46.7. The molecule has 2 amide bonds. The smallest absolute Gasteiger partial charge is 0.322 e. The van der Waals surface area contributed by atoms with Crippen LogP contribution in [0, 0.1) is 0 Å². The van der Waals surface area contributed by atoms with Crippen molar-refractivity contribution in [2.45, 2.75) is 42.6 Å². The van der Waals surface area contributed by atoms with E-state index in [1.54, 1.807) is 0 Å². The van der Waals surface area contributed by atoms with Crippen molar-refractivity contribution in [3.63, 3.8) is 0 Å². The fourth-order valence-electron chi connectivity index (χ4n) is 4.10. The third kappa shape index (κ3) is 7.77. The van der Waals surface area contributed by atoms with Gasteiger partial charge in [0, 0.05) is 36.3 Å². The van der Waals surface area contributed by atoms with Crippen LogP contribution in [0.5, 0.6) is 34.5 Å². The number of aliphatic carboxylic acids is 1. The van der Waals surface area contributed by atoms with Crippen molar-refractivity contribution < 1.29 is 64.4 Å². The molecule has 1 aliphatic heterocycles. The second-order valence-electron chi connectivity index (χ2n) is 9.11. The highest BCUT2D eigenvalue weighted by Crippen LogP contribution is 2.53. The molecule has 3 rings (SSSR count). The van der Waals surface area contributed by atoms with Crippen LogP contribution in [-0.2, 0) is 23.9 Å². The van der Waals surface area contributed by atoms with E-state index in [2.05, 4.69) is 15.4 Å². The van der Waals surface area contributed by atoms with Gasteiger partial charge in [-0.1, -0.05) is 0 Å². The van der Waals surface area contributed by atoms with Crippen molar-refractivity contribution in [3.8, 4) is 34.5 Å². The quantitative estimate of drug-likeness (QED) is 0.0769. The minimum absolute atomic E-state index is 0.00678. The predicted molar refractivity (Wildman–Crippen MR) is 143 cm³/mol. The number of hydrogen-bond acceptors (Lipinski definition) is 14. The number of carboxylic acid groups (broad SMARTS) is 1. The first-order valence-electron chi connectivity index (χ1n) is 12.2. The molecular weight excluding hydrogens is 582 g/mol. The van der Waals surface area contributed by atoms with Crippen LogP contribution in [0.4, 0.5) is 0 Å². The number of aliphatic hydroxyl groups excluding tert-OH is 1. The number of aromatic hydroxyl groups is 5. The van der Waals surface area contributed by atoms with Crippen LogP contribution >= 0.6 is 11.8 Å². The number of aliphatic hydroxyl groups is 1. The molecule has 0 fully saturated rings. The lowest BCUT2D eigenvalue weighted by molar-refractivity contribution is -0.138. The number of carboxylic acids is 1. The molecule has 1 heterocycles. The minimum Gasteiger partial charge on any atom is -0.508 e. The summed E-state index contributed by atoms with van der Waals surface area (Å²) in [5.74, 6) is -6.40. The first-order chi connectivity index (χ1) is 19.8. The standard InChI is InChI=1S/C25H29N3O13S/c26-17(40-9-29)1-2-18(34)28-12(25(39)27-7-19(35)36)8-42-24-20-13(31)5-11(30)6-16(20)41-23(22(24)38)10-3-14(32)21(37)15(33)4-10/h3-6,9,12,17,22-24,30-33,37-38H,1-2,7-8,26H2,(H,27,39)(H,28,34)(H,35,36)/t12-,17+,22-,23+,24-/m0/s1. The number of rotatable bonds is 13. The molecule has 16 nitrogen and oxygen atoms in total. The Morgan fingerprint density at radius 3 is 2.36 bits per heavy atom. The number of phenolic OH excluding ortho intramolecular Hbond substituents is 5. The number of nitrogens with two attached hydrogens (primary N) is 1. The number of carbonyl (C=O) groups excluding carboxylic acids is 3. The molecule has 228 valence electrons. The molecule has 0 radical (unpaired) electrons. The van der Waals surface area contributed by atoms with Gasteiger partial charge in [-0.2, -0.15) is 0 Å². The Morgan fingerprint density at radius 1 is 1.07 bits per heavy atom. The third-order valence-electron chi connectivity index (χ3n) is 6.08. The van der Waals surface area contributed by atoms with Crippen LogP contribution in [0.1, 0.15) is 35.3 Å². The highest BCUT2D eigenvalue weighted by atomic mass is 32.2. The van der Waals surface area contributed by atoms with Crippen LogP contribution in [-0.4, -0.2) is 90.7 Å². The maximum atomic E-state index is 12.8. The summed E-state index contributed by atoms with van der Waals surface area (Å²) in [6.07, 6.45) is -4.30. The number of carbonyl (C=O) groups is 4. The van der Waals surface area contributed by atoms with Gasteiger partial charge in [-0.3, -0.25) is 24.9 Å². The van der Waals surface area contributed by atoms with Gasteiger partial charge < -0.3 is 55.9 Å². The number of amides is 2. The average molecular weight is 612 g/mol. The van der Waals surface area contributed by atoms with Gasteiger partial charge in [0.15, 0.2) is 29.6 Å². The van der Waals surface area contributed by atoms with E-state index in [9.17, 15) is 49.8 Å². The van der Waals surface area contributed by atoms with E-state index in [1.165, 1.54) is 0 Å². The van der Waals surface area contributed by atoms with E-state index in [4.69, 9.17) is 15.6 Å². The summed E-state index contributed by atoms with van der Waals surface area (Å²) in [7, 11) is 0. The van der Waals surface area contributed by atoms with Crippen molar-refractivity contribution in [1.29, 1.82) is 0 Å². The molecule has 42 heavy (non-hydrogen) atoms. The van der Waals surface area contributed by atoms with Crippen molar-refractivity contribution in [2.24, 2.45) is 5.73 Å². The van der Waals surface area contributed by atoms with E-state index in [1.807, 2.05) is 0 Å². The number of benzene rings is 2. The second-order valence-corrected chi connectivity index (χ2v) is 10.3. The van der Waals surface area contributed by atoms with Crippen LogP contribution < -0.4 is 21.1 Å². The maximum Gasteiger partial charge on any atom is 0.322 e. The Morgan fingerprint density at radius 2 is 1.74 bits per heavy atom. The molecule has 0 saturated carbocycles. The Kier molecular flexibility index (Phi) is 10.5. The van der Waals surface area contributed by atoms with Gasteiger partial charge in [0.25, 0.3) is 6.47 Å². The molecule has 0 bridgehead atoms. The molecule has 0 aliphatic carbocycles. The predicted octanol–water partition coefficient (Wildman–Crippen LogP) is -0.593. The fourth-order valence-corrected chi connectivity index (χ4v) is 5.48. The van der Waals surface area contributed by atoms with Crippen molar-refractivity contribution in [1.82, 2.24) is 10.6 Å². The molecule has 1 aliphatic rings. The van der Waals surface area contributed by atoms with Crippen LogP contribution in [0.25, 0.3) is 0 Å². The van der Waals surface area contributed by atoms with Crippen LogP contribution in [0.2, 0.25) is 0 Å². The lowest BCUT2D eigenvalue weighted by atomic mass is 9.93. The Balaban J connectivity index is 1.90. The van der Waals surface area contributed by atoms with Gasteiger partial charge in [0.05, 0.1) is 10.8 Å². The van der Waals surface area contributed by atoms with Gasteiger partial charge in [0.2, 0.25) is 11.8 Å². The second kappa shape index (κ2) is 13.8. The SMILES string of the molecule is N[C@@H](CCC(=O)N[C@@H](CS[C@H]1c2c(O)cc(O)cc2O[C@H](c2cc(O)c(O)c(O)c2)[C@@H]1O)C(=O)NCC(=O)O)OC=O. The fraction of sp³-hybridized carbons (Fsp3) is 0.360. The molecule has 0 aromatic heterocycles. The highest BCUT2D eigenvalue weighted by molar-refractivity contribution is 7.99. The Bertz CT molecular complexity index is 1320. The van der Waals surface area contributed by atoms with E-state index in [0.29, 0.717) is 0 Å². The highest BCUT2D eigenvalue weighted by Gasteiger charge is 2.42. The first-order valence-corrected chi connectivity index (χ1v) is 13.3. The minimum atomic E-state index is -1.54. The molecule has 2 aromatic carbocycles. The zero-order chi connectivity index (χ0) is 31.1. The number of ether oxygens (including phenoxy) is 2. The van der Waals surface area contributed by atoms with E-state index in [0.717, 1.165) is 36.0 Å². The van der Waals surface area contributed by atoms with Gasteiger partial charge >= 0.3 is 5.97 Å². The summed E-state index contributed by atoms with van der Waals surface area (Å²) in [6, 6.07) is 2.83. The first kappa shape index (κ1) is 31.9. The summed E-state index contributed by atoms with van der Waals surface area (Å²) < 4.78 is 10.3. The molecule has 0 spiro atoms. The molecule has 5 atom stereocenters. The monoisotopic (exact) mass is 611 g/mol. The molecular formula is C25H29N3O13S. The van der Waals surface area contributed by atoms with Gasteiger partial charge in [-0.25, -0.2) is 0 Å². The topological polar surface area (TPSA) is 278 Å². The van der Waals surface area contributed by atoms with E-state index >= 15 is 0 Å². The van der Waals surface area contributed by atoms with Crippen LogP contribution in [0.3, 0.4) is 0 Å². The summed E-state index contributed by atoms with van der Waals surface area (Å²) in [5, 5.41) is 74.0. The summed E-state index contributed by atoms with van der Waals surface area (Å²) in [6.45, 7) is -0.645. The van der Waals surface area contributed by atoms with Gasteiger partial charge in [-0.15, -0.1) is 11.8 Å². The number of nitrogens with one attached hydrogen (secondary N) is 2. The van der Waals surface area contributed by atoms with Crippen LogP contribution in [0.15, 0.2) is 24.3 Å². The lowest BCUT2D eigenvalue weighted by Crippen LogP contribution is -2.49. The largest absolute Gasteiger partial charge is 0.508 e. The van der Waals surface area contributed by atoms with E-state index in [-0.39, 0.29) is 41.9 Å². The molecule has 11 N–H and O–H groups in total. The number of hydrogen-bond donors (Lipinski definition) is 10. The van der Waals surface area contributed by atoms with Crippen molar-refractivity contribution >= 4 is 36.0 Å². The zero-order valence-electron chi connectivity index (χ0n) is 21.7. The van der Waals surface area contributed by atoms with Crippen molar-refractivity contribution in [2.75, 3.05) is 12.3 Å². The number of phenols is 5. The Labute approximate surface area is 241 Å². The zero-order valence-corrected chi connectivity index (χ0v) is 22.5. The molecule has 0 unspecified atom stereocenters. The third-order valence-corrected chi connectivity index (χ3v) is 7.48. The maximum absolute atomic E-state index is 12.8. The molecule has 0 saturated heterocycles. The summed E-state index contributed by atoms with van der Waals surface area (Å²) in [5.41, 5.74) is 5.55. The molecule has 17 heteroatoms. The van der Waals surface area contributed by atoms with Crippen molar-refractivity contribution in [3.05, 3.63) is 35.4 Å². The normalized spacial score (nSPS) is 19.0.